The summed E-state index contributed by atoms with van der Waals surface area (Å²) < 4.78 is 0.829. The average molecular weight is 336 g/mol. The van der Waals surface area contributed by atoms with E-state index in [0.717, 1.165) is 1.93 Å². The predicted octanol–water partition coefficient (Wildman–Crippen LogP) is 2.55. The lowest BCUT2D eigenvalue weighted by atomic mass is 10.4. The van der Waals surface area contributed by atoms with Gasteiger partial charge in [0.05, 0.1) is 1.93 Å². The SMILES string of the molecule is [Al][CH2]CCC(I)I. The Morgan fingerprint density at radius 2 is 2.00 bits per heavy atom. The molecule has 3 heteroatoms. The minimum atomic E-state index is 0.829. The van der Waals surface area contributed by atoms with Gasteiger partial charge in [0, 0.05) is 0 Å². The van der Waals surface area contributed by atoms with Gasteiger partial charge >= 0.3 is 0 Å². The van der Waals surface area contributed by atoms with Crippen LogP contribution >= 0.6 is 45.2 Å². The Hall–Kier alpha value is 1.99. The largest absolute Gasteiger partial charge is 0.118 e. The third-order valence-corrected chi connectivity index (χ3v) is 2.28. The van der Waals surface area contributed by atoms with Gasteiger partial charge in [0.25, 0.3) is 0 Å². The van der Waals surface area contributed by atoms with Crippen LogP contribution in [0.15, 0.2) is 0 Å². The van der Waals surface area contributed by atoms with E-state index in [9.17, 15) is 0 Å². The third kappa shape index (κ3) is 7.99. The van der Waals surface area contributed by atoms with E-state index >= 15 is 0 Å². The van der Waals surface area contributed by atoms with E-state index in [4.69, 9.17) is 0 Å². The zero-order valence-corrected chi connectivity index (χ0v) is 9.50. The van der Waals surface area contributed by atoms with Crippen molar-refractivity contribution in [2.24, 2.45) is 0 Å². The fourth-order valence-electron chi connectivity index (χ4n) is 0.272. The van der Waals surface area contributed by atoms with Gasteiger partial charge in [0.2, 0.25) is 0 Å². The molecule has 0 aromatic carbocycles. The van der Waals surface area contributed by atoms with E-state index in [2.05, 4.69) is 61.5 Å². The maximum Gasteiger partial charge on any atom is 0.118 e. The summed E-state index contributed by atoms with van der Waals surface area (Å²) in [6.07, 6.45) is 2.70. The lowest BCUT2D eigenvalue weighted by Crippen LogP contribution is -1.82. The first-order chi connectivity index (χ1) is 3.27. The molecule has 2 radical (unpaired) electrons. The van der Waals surface area contributed by atoms with Crippen LogP contribution in [0.1, 0.15) is 12.8 Å². The molecule has 0 aromatic heterocycles. The van der Waals surface area contributed by atoms with Gasteiger partial charge < -0.3 is 0 Å². The van der Waals surface area contributed by atoms with Gasteiger partial charge in [-0.2, -0.15) is 0 Å². The van der Waals surface area contributed by atoms with Crippen LogP contribution in [0.3, 0.4) is 0 Å². The lowest BCUT2D eigenvalue weighted by Gasteiger charge is -1.95. The summed E-state index contributed by atoms with van der Waals surface area (Å²) in [5, 5.41) is 1.25. The zero-order chi connectivity index (χ0) is 5.70. The van der Waals surface area contributed by atoms with Crippen molar-refractivity contribution in [2.45, 2.75) is 20.1 Å². The Bertz CT molecular complexity index is 38.7. The summed E-state index contributed by atoms with van der Waals surface area (Å²) in [7, 11) is 0. The number of halogens is 2. The maximum atomic E-state index is 2.74. The number of rotatable bonds is 3. The molecule has 0 heterocycles. The van der Waals surface area contributed by atoms with E-state index in [1.165, 1.54) is 18.1 Å². The van der Waals surface area contributed by atoms with Gasteiger partial charge in [-0.05, 0) is 6.42 Å². The minimum absolute atomic E-state index is 0.829. The van der Waals surface area contributed by atoms with Crippen LogP contribution in [0.2, 0.25) is 5.28 Å². The highest BCUT2D eigenvalue weighted by molar-refractivity contribution is 14.2. The van der Waals surface area contributed by atoms with Crippen molar-refractivity contribution in [3.05, 3.63) is 0 Å². The molecule has 0 aliphatic heterocycles. The first-order valence-electron chi connectivity index (χ1n) is 2.25. The molecule has 0 nitrogen and oxygen atoms in total. The topological polar surface area (TPSA) is 0 Å². The van der Waals surface area contributed by atoms with Crippen LogP contribution in [0, 0.1) is 0 Å². The van der Waals surface area contributed by atoms with Crippen LogP contribution in [-0.4, -0.2) is 18.2 Å². The molecule has 0 atom stereocenters. The zero-order valence-electron chi connectivity index (χ0n) is 4.03. The molecule has 0 aliphatic rings. The molecule has 0 fully saturated rings. The van der Waals surface area contributed by atoms with E-state index in [1.54, 1.807) is 0 Å². The maximum absolute atomic E-state index is 2.74. The van der Waals surface area contributed by atoms with Gasteiger partial charge in [-0.3, -0.25) is 0 Å². The molecular weight excluding hydrogens is 329 g/mol. The number of hydrogen-bond acceptors (Lipinski definition) is 0. The van der Waals surface area contributed by atoms with Gasteiger partial charge in [0.1, 0.15) is 16.3 Å². The van der Waals surface area contributed by atoms with Crippen LogP contribution < -0.4 is 0 Å². The smallest absolute Gasteiger partial charge is 0.118 e. The van der Waals surface area contributed by atoms with Crippen molar-refractivity contribution >= 4 is 61.5 Å². The average Bonchev–Trinajstić information content (AvgIpc) is 1.61. The van der Waals surface area contributed by atoms with E-state index in [0.29, 0.717) is 0 Å². The summed E-state index contributed by atoms with van der Waals surface area (Å²) in [4.78, 5) is 0. The minimum Gasteiger partial charge on any atom is -0.118 e. The number of hydrogen-bond donors (Lipinski definition) is 0. The van der Waals surface area contributed by atoms with E-state index in [-0.39, 0.29) is 0 Å². The van der Waals surface area contributed by atoms with Gasteiger partial charge in [-0.25, -0.2) is 0 Å². The molecule has 0 spiro atoms. The van der Waals surface area contributed by atoms with Gasteiger partial charge in [0.15, 0.2) is 0 Å². The predicted molar refractivity (Wildman–Crippen MR) is 51.6 cm³/mol. The fourth-order valence-corrected chi connectivity index (χ4v) is 1.39. The molecule has 0 saturated heterocycles. The Morgan fingerprint density at radius 1 is 1.43 bits per heavy atom. The Labute approximate surface area is 80.5 Å². The van der Waals surface area contributed by atoms with Crippen molar-refractivity contribution in [3.63, 3.8) is 0 Å². The van der Waals surface area contributed by atoms with Crippen LogP contribution in [0.4, 0.5) is 0 Å². The lowest BCUT2D eigenvalue weighted by molar-refractivity contribution is 0.893. The molecule has 0 rings (SSSR count). The second-order valence-corrected chi connectivity index (χ2v) is 7.29. The third-order valence-electron chi connectivity index (χ3n) is 0.626. The van der Waals surface area contributed by atoms with Crippen LogP contribution in [0.5, 0.6) is 0 Å². The van der Waals surface area contributed by atoms with E-state index in [1.807, 2.05) is 0 Å². The summed E-state index contributed by atoms with van der Waals surface area (Å²) in [5.74, 6) is 0. The number of alkyl halides is 2. The van der Waals surface area contributed by atoms with Crippen molar-refractivity contribution in [1.29, 1.82) is 0 Å². The summed E-state index contributed by atoms with van der Waals surface area (Å²) in [5.41, 5.74) is 0. The quantitative estimate of drug-likeness (QED) is 0.422. The summed E-state index contributed by atoms with van der Waals surface area (Å²) in [6.45, 7) is 0. The van der Waals surface area contributed by atoms with E-state index < -0.39 is 0 Å². The highest BCUT2D eigenvalue weighted by Crippen LogP contribution is 2.16. The first kappa shape index (κ1) is 8.99. The van der Waals surface area contributed by atoms with Crippen molar-refractivity contribution < 1.29 is 0 Å². The standard InChI is InChI=1S/C4H7I2.Al/c1-2-3-4(5)6;/h4H,1-3H2;. The van der Waals surface area contributed by atoms with Crippen LogP contribution in [0.25, 0.3) is 0 Å². The van der Waals surface area contributed by atoms with Gasteiger partial charge in [-0.1, -0.05) is 51.6 Å². The summed E-state index contributed by atoms with van der Waals surface area (Å²) >= 11 is 7.62. The Balaban J connectivity index is 2.68. The molecule has 0 unspecified atom stereocenters. The molecule has 0 N–H and O–H groups in total. The molecule has 40 valence electrons. The highest BCUT2D eigenvalue weighted by Gasteiger charge is 1.92. The molecule has 0 aromatic rings. The normalized spacial score (nSPS) is 10.1. The second kappa shape index (κ2) is 6.12. The molecule has 7 heavy (non-hydrogen) atoms. The second-order valence-electron chi connectivity index (χ2n) is 1.32. The fraction of sp³-hybridized carbons (Fsp3) is 1.00. The summed E-state index contributed by atoms with van der Waals surface area (Å²) in [6, 6.07) is 0. The Kier molecular flexibility index (Phi) is 7.86. The molecule has 0 amide bonds. The molecule has 0 saturated carbocycles. The monoisotopic (exact) mass is 336 g/mol. The Morgan fingerprint density at radius 3 is 2.14 bits per heavy atom. The molecule has 0 bridgehead atoms. The highest BCUT2D eigenvalue weighted by atomic mass is 127. The first-order valence-corrected chi connectivity index (χ1v) is 5.56. The molecular formula is C4H7AlI2. The van der Waals surface area contributed by atoms with Crippen molar-refractivity contribution in [1.82, 2.24) is 0 Å². The van der Waals surface area contributed by atoms with Crippen LogP contribution in [-0.2, 0) is 0 Å². The van der Waals surface area contributed by atoms with Crippen molar-refractivity contribution in [3.8, 4) is 0 Å². The van der Waals surface area contributed by atoms with Crippen molar-refractivity contribution in [2.75, 3.05) is 0 Å². The van der Waals surface area contributed by atoms with Gasteiger partial charge in [-0.15, -0.1) is 5.28 Å². The molecule has 0 aliphatic carbocycles.